The van der Waals surface area contributed by atoms with Gasteiger partial charge in [0, 0.05) is 24.1 Å². The molecule has 0 aromatic rings. The third kappa shape index (κ3) is 1.19. The van der Waals surface area contributed by atoms with Crippen LogP contribution >= 0.6 is 11.8 Å². The molecule has 1 saturated carbocycles. The molecule has 0 aromatic carbocycles. The van der Waals surface area contributed by atoms with Gasteiger partial charge >= 0.3 is 0 Å². The van der Waals surface area contributed by atoms with Crippen LogP contribution < -0.4 is 5.32 Å². The molecule has 2 rings (SSSR count). The van der Waals surface area contributed by atoms with Crippen molar-refractivity contribution in [3.63, 3.8) is 0 Å². The van der Waals surface area contributed by atoms with E-state index >= 15 is 0 Å². The molecule has 0 spiro atoms. The first-order valence-corrected chi connectivity index (χ1v) is 5.28. The van der Waals surface area contributed by atoms with Crippen molar-refractivity contribution in [3.8, 4) is 0 Å². The van der Waals surface area contributed by atoms with Gasteiger partial charge in [0.05, 0.1) is 0 Å². The molecule has 1 saturated heterocycles. The van der Waals surface area contributed by atoms with Crippen molar-refractivity contribution in [2.75, 3.05) is 18.1 Å². The molecule has 0 aromatic heterocycles. The molecule has 1 atom stereocenters. The first-order chi connectivity index (χ1) is 4.81. The van der Waals surface area contributed by atoms with Crippen LogP contribution in [0.4, 0.5) is 0 Å². The topological polar surface area (TPSA) is 12.0 Å². The number of hydrogen-bond donors (Lipinski definition) is 1. The van der Waals surface area contributed by atoms with Crippen molar-refractivity contribution >= 4 is 11.8 Å². The fraction of sp³-hybridized carbons (Fsp3) is 1.00. The minimum Gasteiger partial charge on any atom is -0.312 e. The van der Waals surface area contributed by atoms with E-state index < -0.39 is 0 Å². The van der Waals surface area contributed by atoms with E-state index in [0.717, 1.165) is 6.04 Å². The standard InChI is InChI=1S/C8H15NS/c1-8(2-3-8)7-6-10-5-4-9-7/h7,9H,2-6H2,1H3. The summed E-state index contributed by atoms with van der Waals surface area (Å²) in [5.74, 6) is 2.66. The van der Waals surface area contributed by atoms with Crippen LogP contribution in [0.3, 0.4) is 0 Å². The zero-order chi connectivity index (χ0) is 7.03. The van der Waals surface area contributed by atoms with Gasteiger partial charge < -0.3 is 5.32 Å². The first-order valence-electron chi connectivity index (χ1n) is 4.12. The number of thioether (sulfide) groups is 1. The lowest BCUT2D eigenvalue weighted by molar-refractivity contribution is 0.389. The average molecular weight is 157 g/mol. The predicted octanol–water partition coefficient (Wildman–Crippen LogP) is 1.49. The van der Waals surface area contributed by atoms with Crippen LogP contribution in [0.2, 0.25) is 0 Å². The van der Waals surface area contributed by atoms with Gasteiger partial charge in [0.2, 0.25) is 0 Å². The smallest absolute Gasteiger partial charge is 0.0212 e. The Morgan fingerprint density at radius 1 is 1.50 bits per heavy atom. The molecule has 1 aliphatic carbocycles. The highest BCUT2D eigenvalue weighted by Gasteiger charge is 2.44. The van der Waals surface area contributed by atoms with Crippen molar-refractivity contribution < 1.29 is 0 Å². The third-order valence-electron chi connectivity index (χ3n) is 2.80. The Bertz CT molecular complexity index is 125. The summed E-state index contributed by atoms with van der Waals surface area (Å²) in [7, 11) is 0. The molecule has 2 aliphatic rings. The number of nitrogens with one attached hydrogen (secondary N) is 1. The minimum absolute atomic E-state index is 0.688. The molecule has 2 fully saturated rings. The fourth-order valence-corrected chi connectivity index (χ4v) is 2.74. The quantitative estimate of drug-likeness (QED) is 0.619. The predicted molar refractivity (Wildman–Crippen MR) is 46.5 cm³/mol. The van der Waals surface area contributed by atoms with E-state index in [1.54, 1.807) is 0 Å². The van der Waals surface area contributed by atoms with Crippen LogP contribution in [0.1, 0.15) is 19.8 Å². The second-order valence-electron chi connectivity index (χ2n) is 3.74. The fourth-order valence-electron chi connectivity index (χ4n) is 1.56. The average Bonchev–Trinajstić information content (AvgIpc) is 2.72. The molecule has 1 nitrogen and oxygen atoms in total. The number of hydrogen-bond acceptors (Lipinski definition) is 2. The summed E-state index contributed by atoms with van der Waals surface area (Å²) in [5, 5.41) is 3.60. The second kappa shape index (κ2) is 2.42. The number of rotatable bonds is 1. The Kier molecular flexibility index (Phi) is 1.69. The van der Waals surface area contributed by atoms with Gasteiger partial charge in [0.25, 0.3) is 0 Å². The van der Waals surface area contributed by atoms with Crippen LogP contribution in [-0.4, -0.2) is 24.1 Å². The Morgan fingerprint density at radius 2 is 2.30 bits per heavy atom. The normalized spacial score (nSPS) is 37.5. The van der Waals surface area contributed by atoms with Crippen LogP contribution in [0.25, 0.3) is 0 Å². The Hall–Kier alpha value is 0.310. The molecule has 1 heterocycles. The molecular formula is C8H15NS. The zero-order valence-corrected chi connectivity index (χ0v) is 7.34. The van der Waals surface area contributed by atoms with Gasteiger partial charge in [-0.2, -0.15) is 11.8 Å². The maximum Gasteiger partial charge on any atom is 0.0212 e. The van der Waals surface area contributed by atoms with Crippen molar-refractivity contribution in [1.29, 1.82) is 0 Å². The monoisotopic (exact) mass is 157 g/mol. The van der Waals surface area contributed by atoms with Crippen molar-refractivity contribution in [2.45, 2.75) is 25.8 Å². The molecule has 10 heavy (non-hydrogen) atoms. The lowest BCUT2D eigenvalue weighted by atomic mass is 10.0. The molecule has 1 unspecified atom stereocenters. The van der Waals surface area contributed by atoms with Gasteiger partial charge in [-0.25, -0.2) is 0 Å². The maximum absolute atomic E-state index is 3.60. The maximum atomic E-state index is 3.60. The van der Waals surface area contributed by atoms with Crippen LogP contribution in [0.15, 0.2) is 0 Å². The van der Waals surface area contributed by atoms with E-state index in [1.807, 2.05) is 0 Å². The summed E-state index contributed by atoms with van der Waals surface area (Å²) in [6.07, 6.45) is 2.90. The van der Waals surface area contributed by atoms with Crippen molar-refractivity contribution in [3.05, 3.63) is 0 Å². The van der Waals surface area contributed by atoms with E-state index in [9.17, 15) is 0 Å². The van der Waals surface area contributed by atoms with Crippen molar-refractivity contribution in [1.82, 2.24) is 5.32 Å². The summed E-state index contributed by atoms with van der Waals surface area (Å²) in [4.78, 5) is 0. The van der Waals surface area contributed by atoms with E-state index in [-0.39, 0.29) is 0 Å². The molecule has 58 valence electrons. The van der Waals surface area contributed by atoms with Gasteiger partial charge in [-0.15, -0.1) is 0 Å². The third-order valence-corrected chi connectivity index (χ3v) is 3.86. The molecule has 2 heteroatoms. The van der Waals surface area contributed by atoms with Crippen LogP contribution in [0.5, 0.6) is 0 Å². The Morgan fingerprint density at radius 3 is 2.80 bits per heavy atom. The summed E-state index contributed by atoms with van der Waals surface area (Å²) in [5.41, 5.74) is 0.688. The van der Waals surface area contributed by atoms with Gasteiger partial charge in [0.15, 0.2) is 0 Å². The highest BCUT2D eigenvalue weighted by molar-refractivity contribution is 7.99. The lowest BCUT2D eigenvalue weighted by Crippen LogP contribution is -2.42. The van der Waals surface area contributed by atoms with E-state index in [0.29, 0.717) is 5.41 Å². The van der Waals surface area contributed by atoms with Gasteiger partial charge in [-0.1, -0.05) is 6.92 Å². The summed E-state index contributed by atoms with van der Waals surface area (Å²) < 4.78 is 0. The molecule has 1 N–H and O–H groups in total. The van der Waals surface area contributed by atoms with Crippen LogP contribution in [-0.2, 0) is 0 Å². The first kappa shape index (κ1) is 6.99. The van der Waals surface area contributed by atoms with E-state index in [4.69, 9.17) is 0 Å². The minimum atomic E-state index is 0.688. The summed E-state index contributed by atoms with van der Waals surface area (Å²) in [6, 6.07) is 0.825. The molecule has 0 bridgehead atoms. The van der Waals surface area contributed by atoms with Crippen LogP contribution in [0, 0.1) is 5.41 Å². The highest BCUT2D eigenvalue weighted by atomic mass is 32.2. The van der Waals surface area contributed by atoms with Gasteiger partial charge in [-0.05, 0) is 18.3 Å². The van der Waals surface area contributed by atoms with E-state index in [1.165, 1.54) is 30.9 Å². The Labute approximate surface area is 67.0 Å². The second-order valence-corrected chi connectivity index (χ2v) is 4.89. The van der Waals surface area contributed by atoms with Gasteiger partial charge in [-0.3, -0.25) is 0 Å². The Balaban J connectivity index is 1.91. The lowest BCUT2D eigenvalue weighted by Gasteiger charge is -2.28. The van der Waals surface area contributed by atoms with E-state index in [2.05, 4.69) is 24.0 Å². The summed E-state index contributed by atoms with van der Waals surface area (Å²) >= 11 is 2.11. The largest absolute Gasteiger partial charge is 0.312 e. The molecular weight excluding hydrogens is 142 g/mol. The highest BCUT2D eigenvalue weighted by Crippen LogP contribution is 2.49. The SMILES string of the molecule is CC1(C2CSCCN2)CC1. The van der Waals surface area contributed by atoms with Crippen molar-refractivity contribution in [2.24, 2.45) is 5.41 Å². The summed E-state index contributed by atoms with van der Waals surface area (Å²) in [6.45, 7) is 3.64. The molecule has 0 radical (unpaired) electrons. The van der Waals surface area contributed by atoms with Gasteiger partial charge in [0.1, 0.15) is 0 Å². The zero-order valence-electron chi connectivity index (χ0n) is 6.52. The molecule has 0 amide bonds. The molecule has 1 aliphatic heterocycles.